The Morgan fingerprint density at radius 1 is 1.33 bits per heavy atom. The van der Waals surface area contributed by atoms with Crippen molar-refractivity contribution in [1.82, 2.24) is 15.3 Å². The molecule has 1 aromatic carbocycles. The van der Waals surface area contributed by atoms with Gasteiger partial charge in [0.15, 0.2) is 5.82 Å². The van der Waals surface area contributed by atoms with Gasteiger partial charge >= 0.3 is 0 Å². The molecule has 7 heteroatoms. The Labute approximate surface area is 135 Å². The molecule has 106 valence electrons. The molecular weight excluding hydrogens is 440 g/mol. The summed E-state index contributed by atoms with van der Waals surface area (Å²) in [7, 11) is 0. The predicted octanol–water partition coefficient (Wildman–Crippen LogP) is 2.28. The van der Waals surface area contributed by atoms with Crippen LogP contribution >= 0.6 is 0 Å². The number of fused-ring (bicyclic) bond motifs is 1. The molecule has 0 saturated carbocycles. The van der Waals surface area contributed by atoms with Crippen LogP contribution < -0.4 is 5.32 Å². The van der Waals surface area contributed by atoms with Crippen molar-refractivity contribution in [2.24, 2.45) is 0 Å². The van der Waals surface area contributed by atoms with Gasteiger partial charge < -0.3 is 10.3 Å². The number of aryl methyl sites for hydroxylation is 2. The van der Waals surface area contributed by atoms with Crippen molar-refractivity contribution in [3.8, 4) is 0 Å². The van der Waals surface area contributed by atoms with Crippen LogP contribution in [0.15, 0.2) is 29.2 Å². The minimum absolute atomic E-state index is 0. The number of carbonyl (C=O) groups is 1. The maximum atomic E-state index is 12.3. The van der Waals surface area contributed by atoms with Gasteiger partial charge in [-0.1, -0.05) is 18.1 Å². The molecule has 0 radical (unpaired) electrons. The van der Waals surface area contributed by atoms with Crippen molar-refractivity contribution >= 4 is 22.5 Å². The molecule has 0 aliphatic carbocycles. The fourth-order valence-corrected chi connectivity index (χ4v) is 2.00. The van der Waals surface area contributed by atoms with E-state index >= 15 is 0 Å². The van der Waals surface area contributed by atoms with Gasteiger partial charge in [-0.05, 0) is 23.8 Å². The number of amides is 1. The van der Waals surface area contributed by atoms with Crippen molar-refractivity contribution in [1.29, 1.82) is 0 Å². The molecule has 21 heavy (non-hydrogen) atoms. The zero-order chi connectivity index (χ0) is 14.1. The minimum Gasteiger partial charge on any atom is -0.313 e. The van der Waals surface area contributed by atoms with Crippen LogP contribution in [0, 0.1) is 19.9 Å². The van der Waals surface area contributed by atoms with Gasteiger partial charge in [0, 0.05) is 27.3 Å². The first kappa shape index (κ1) is 15.3. The summed E-state index contributed by atoms with van der Waals surface area (Å²) < 4.78 is 4.55. The largest absolute Gasteiger partial charge is 0.313 e. The quantitative estimate of drug-likeness (QED) is 0.606. The van der Waals surface area contributed by atoms with Crippen molar-refractivity contribution in [2.75, 3.05) is 5.32 Å². The third-order valence-corrected chi connectivity index (χ3v) is 3.13. The molecule has 3 aromatic rings. The van der Waals surface area contributed by atoms with Gasteiger partial charge in [-0.2, -0.15) is 0 Å². The summed E-state index contributed by atoms with van der Waals surface area (Å²) in [5.41, 5.74) is 1.93. The molecule has 0 aliphatic heterocycles. The Morgan fingerprint density at radius 2 is 2.14 bits per heavy atom. The first-order chi connectivity index (χ1) is 9.66. The molecule has 0 bridgehead atoms. The summed E-state index contributed by atoms with van der Waals surface area (Å²) in [4.78, 5) is 16.3. The van der Waals surface area contributed by atoms with E-state index in [0.717, 1.165) is 16.3 Å². The molecule has 3 rings (SSSR count). The van der Waals surface area contributed by atoms with E-state index in [0.29, 0.717) is 17.1 Å². The Morgan fingerprint density at radius 3 is 2.86 bits per heavy atom. The molecule has 1 amide bonds. The molecule has 0 fully saturated rings. The molecule has 6 nitrogen and oxygen atoms in total. The number of rotatable bonds is 2. The van der Waals surface area contributed by atoms with Crippen LogP contribution in [0.4, 0.5) is 5.82 Å². The van der Waals surface area contributed by atoms with Crippen LogP contribution in [0.1, 0.15) is 21.6 Å². The second-order valence-corrected chi connectivity index (χ2v) is 4.40. The van der Waals surface area contributed by atoms with Crippen molar-refractivity contribution in [3.63, 3.8) is 0 Å². The van der Waals surface area contributed by atoms with E-state index in [-0.39, 0.29) is 27.0 Å². The number of anilines is 1. The third-order valence-electron chi connectivity index (χ3n) is 3.13. The van der Waals surface area contributed by atoms with Crippen molar-refractivity contribution in [2.45, 2.75) is 13.8 Å². The Hall–Kier alpha value is -2.07. The number of benzene rings is 1. The molecule has 2 heterocycles. The van der Waals surface area contributed by atoms with E-state index in [1.807, 2.05) is 13.0 Å². The summed E-state index contributed by atoms with van der Waals surface area (Å²) in [5.74, 6) is 0.0560. The maximum Gasteiger partial charge on any atom is 0.215 e. The van der Waals surface area contributed by atoms with Gasteiger partial charge in [0.2, 0.25) is 5.91 Å². The number of aromatic nitrogens is 3. The average molecular weight is 451 g/mol. The van der Waals surface area contributed by atoms with E-state index in [9.17, 15) is 4.79 Å². The van der Waals surface area contributed by atoms with Gasteiger partial charge in [-0.15, -0.1) is 28.5 Å². The Bertz CT molecular complexity index is 801. The molecule has 0 unspecified atom stereocenters. The molecule has 0 atom stereocenters. The summed E-state index contributed by atoms with van der Waals surface area (Å²) in [5, 5.41) is 11.7. The summed E-state index contributed by atoms with van der Waals surface area (Å²) in [6.07, 6.45) is 3.41. The topological polar surface area (TPSA) is 80.9 Å². The predicted molar refractivity (Wildman–Crippen MR) is 72.3 cm³/mol. The molecule has 1 N–H and O–H groups in total. The average Bonchev–Trinajstić information content (AvgIpc) is 2.85. The summed E-state index contributed by atoms with van der Waals surface area (Å²) in [6.45, 7) is 3.59. The van der Waals surface area contributed by atoms with E-state index < -0.39 is 0 Å². The fourth-order valence-electron chi connectivity index (χ4n) is 2.00. The monoisotopic (exact) mass is 451 g/mol. The second-order valence-electron chi connectivity index (χ2n) is 4.40. The number of hydrogen-bond donors (Lipinski definition) is 1. The van der Waals surface area contributed by atoms with Crippen LogP contribution in [0.5, 0.6) is 0 Å². The Kier molecular flexibility index (Phi) is 4.48. The zero-order valence-corrected chi connectivity index (χ0v) is 14.3. The zero-order valence-electron chi connectivity index (χ0n) is 11.4. The first-order valence-electron chi connectivity index (χ1n) is 6.02. The maximum absolute atomic E-state index is 12.3. The standard InChI is InChI=1S/C14H11N4O2.W/c1-8-11-5-6-15-7-10(11)3-4-12(8)14(19)16-13-9(2)17-20-18-13;/h4-7H,1-2H3,(H,16,18,19);/q-1;. The van der Waals surface area contributed by atoms with E-state index in [4.69, 9.17) is 0 Å². The molecular formula is C14H11N4O2W-. The van der Waals surface area contributed by atoms with Crippen molar-refractivity contribution < 1.29 is 30.5 Å². The summed E-state index contributed by atoms with van der Waals surface area (Å²) >= 11 is 0. The van der Waals surface area contributed by atoms with Crippen LogP contribution in [0.3, 0.4) is 0 Å². The van der Waals surface area contributed by atoms with Gasteiger partial charge in [0.1, 0.15) is 5.69 Å². The van der Waals surface area contributed by atoms with E-state index in [1.165, 1.54) is 0 Å². The van der Waals surface area contributed by atoms with Gasteiger partial charge in [0.25, 0.3) is 0 Å². The second kappa shape index (κ2) is 6.14. The normalized spacial score (nSPS) is 10.2. The molecule has 0 spiro atoms. The van der Waals surface area contributed by atoms with E-state index in [1.54, 1.807) is 25.4 Å². The SMILES string of the molecule is Cc1nonc1NC(=O)c1c[c-]c2cnccc2c1C.[W]. The number of hydrogen-bond acceptors (Lipinski definition) is 5. The molecule has 2 aromatic heterocycles. The van der Waals surface area contributed by atoms with Crippen LogP contribution in [-0.2, 0) is 21.1 Å². The first-order valence-corrected chi connectivity index (χ1v) is 6.02. The van der Waals surface area contributed by atoms with Crippen LogP contribution in [0.25, 0.3) is 10.8 Å². The number of pyridine rings is 1. The van der Waals surface area contributed by atoms with Crippen molar-refractivity contribution in [3.05, 3.63) is 47.4 Å². The smallest absolute Gasteiger partial charge is 0.215 e. The number of carbonyl (C=O) groups excluding carboxylic acids is 1. The van der Waals surface area contributed by atoms with Crippen LogP contribution in [-0.4, -0.2) is 21.2 Å². The number of nitrogens with zero attached hydrogens (tertiary/aromatic N) is 3. The third kappa shape index (κ3) is 2.85. The van der Waals surface area contributed by atoms with E-state index in [2.05, 4.69) is 31.3 Å². The molecule has 0 aliphatic rings. The van der Waals surface area contributed by atoms with Crippen LogP contribution in [0.2, 0.25) is 0 Å². The van der Waals surface area contributed by atoms with Gasteiger partial charge in [-0.3, -0.25) is 4.79 Å². The fraction of sp³-hybridized carbons (Fsp3) is 0.143. The van der Waals surface area contributed by atoms with Gasteiger partial charge in [-0.25, -0.2) is 4.63 Å². The minimum atomic E-state index is -0.267. The Balaban J connectivity index is 0.00000161. The van der Waals surface area contributed by atoms with Gasteiger partial charge in [0.05, 0.1) is 0 Å². The number of nitrogens with one attached hydrogen (secondary N) is 1. The summed E-state index contributed by atoms with van der Waals surface area (Å²) in [6, 6.07) is 6.56. The molecule has 0 saturated heterocycles.